The highest BCUT2D eigenvalue weighted by molar-refractivity contribution is 7.89. The van der Waals surface area contributed by atoms with E-state index in [2.05, 4.69) is 20.6 Å². The zero-order chi connectivity index (χ0) is 28.2. The Bertz CT molecular complexity index is 1650. The van der Waals surface area contributed by atoms with Gasteiger partial charge in [0.2, 0.25) is 15.9 Å². The van der Waals surface area contributed by atoms with Crippen LogP contribution >= 0.6 is 11.3 Å². The molecule has 14 heteroatoms. The fourth-order valence-corrected chi connectivity index (χ4v) is 4.88. The summed E-state index contributed by atoms with van der Waals surface area (Å²) in [5.74, 6) is -1.50. The van der Waals surface area contributed by atoms with E-state index in [0.29, 0.717) is 16.6 Å². The lowest BCUT2D eigenvalue weighted by atomic mass is 10.0. The monoisotopic (exact) mass is 568 g/mol. The fourth-order valence-electron chi connectivity index (χ4n) is 3.56. The number of hydrogen-bond donors (Lipinski definition) is 3. The lowest BCUT2D eigenvalue weighted by Crippen LogP contribution is -2.32. The summed E-state index contributed by atoms with van der Waals surface area (Å²) >= 11 is 1.23. The van der Waals surface area contributed by atoms with Crippen LogP contribution in [0.15, 0.2) is 66.4 Å². The number of pyridine rings is 1. The van der Waals surface area contributed by atoms with Gasteiger partial charge in [-0.25, -0.2) is 18.4 Å². The molecule has 0 atom stereocenters. The molecule has 0 fully saturated rings. The Kier molecular flexibility index (Phi) is 8.07. The van der Waals surface area contributed by atoms with Crippen LogP contribution in [0.4, 0.5) is 10.9 Å². The zero-order valence-electron chi connectivity index (χ0n) is 20.9. The van der Waals surface area contributed by atoms with Crippen LogP contribution in [0.2, 0.25) is 0 Å². The molecule has 0 unspecified atom stereocenters. The number of likely N-dealkylation sites (N-methyl/N-ethyl adjacent to an activating group) is 1. The second kappa shape index (κ2) is 11.4. The molecule has 3 heterocycles. The van der Waals surface area contributed by atoms with Crippen LogP contribution in [0.25, 0.3) is 22.4 Å². The van der Waals surface area contributed by atoms with E-state index in [1.165, 1.54) is 29.8 Å². The maximum absolute atomic E-state index is 12.3. The van der Waals surface area contributed by atoms with Gasteiger partial charge in [0.1, 0.15) is 12.4 Å². The molecule has 0 bridgehead atoms. The number of aromatic nitrogens is 3. The first kappa shape index (κ1) is 27.5. The van der Waals surface area contributed by atoms with Gasteiger partial charge in [-0.2, -0.15) is 0 Å². The van der Waals surface area contributed by atoms with Crippen molar-refractivity contribution in [1.29, 1.82) is 0 Å². The lowest BCUT2D eigenvalue weighted by Gasteiger charge is -2.16. The third-order valence-corrected chi connectivity index (χ3v) is 7.22. The molecule has 4 rings (SSSR count). The van der Waals surface area contributed by atoms with Crippen molar-refractivity contribution < 1.29 is 27.9 Å². The minimum atomic E-state index is -3.51. The van der Waals surface area contributed by atoms with Crippen molar-refractivity contribution in [3.8, 4) is 22.4 Å². The molecule has 0 radical (unpaired) electrons. The van der Waals surface area contributed by atoms with Gasteiger partial charge >= 0.3 is 5.97 Å². The fraction of sp³-hybridized carbons (Fsp3) is 0.160. The number of aliphatic carboxylic acids is 1. The average molecular weight is 569 g/mol. The smallest absolute Gasteiger partial charge is 0.323 e. The van der Waals surface area contributed by atoms with Crippen molar-refractivity contribution in [3.63, 3.8) is 0 Å². The quantitative estimate of drug-likeness (QED) is 0.261. The van der Waals surface area contributed by atoms with E-state index in [9.17, 15) is 22.8 Å². The van der Waals surface area contributed by atoms with Gasteiger partial charge in [-0.3, -0.25) is 18.4 Å². The van der Waals surface area contributed by atoms with Gasteiger partial charge in [0.25, 0.3) is 5.91 Å². The van der Waals surface area contributed by atoms with Gasteiger partial charge in [-0.15, -0.1) is 11.3 Å². The molecular formula is C25H24N6O6S2. The first-order valence-electron chi connectivity index (χ1n) is 11.4. The molecular weight excluding hydrogens is 544 g/mol. The minimum absolute atomic E-state index is 0.111. The molecule has 202 valence electrons. The third-order valence-electron chi connectivity index (χ3n) is 5.47. The molecule has 0 aliphatic carbocycles. The van der Waals surface area contributed by atoms with Crippen molar-refractivity contribution in [1.82, 2.24) is 19.3 Å². The summed E-state index contributed by atoms with van der Waals surface area (Å²) in [7, 11) is -1.85. The average Bonchev–Trinajstić information content (AvgIpc) is 3.58. The Balaban J connectivity index is 1.39. The Hall–Kier alpha value is -4.56. The number of thiazole rings is 1. The van der Waals surface area contributed by atoms with Crippen LogP contribution in [0.3, 0.4) is 0 Å². The van der Waals surface area contributed by atoms with Gasteiger partial charge in [0, 0.05) is 36.6 Å². The van der Waals surface area contributed by atoms with Crippen LogP contribution in [0.5, 0.6) is 0 Å². The highest BCUT2D eigenvalue weighted by atomic mass is 32.2. The summed E-state index contributed by atoms with van der Waals surface area (Å²) in [6.07, 6.45) is 5.05. The van der Waals surface area contributed by atoms with Crippen LogP contribution in [-0.2, 0) is 19.6 Å². The lowest BCUT2D eigenvalue weighted by molar-refractivity contribution is -0.135. The molecule has 0 aliphatic rings. The van der Waals surface area contributed by atoms with E-state index in [0.717, 1.165) is 26.9 Å². The second-order valence-electron chi connectivity index (χ2n) is 8.50. The number of carbonyl (C=O) groups excluding carboxylic acids is 2. The van der Waals surface area contributed by atoms with Crippen molar-refractivity contribution >= 4 is 50.1 Å². The van der Waals surface area contributed by atoms with Gasteiger partial charge in [-0.05, 0) is 35.4 Å². The molecule has 3 aromatic heterocycles. The SMILES string of the molecule is CN(CC(=O)O)c1cc(-c2cccc(-c3csc(NC(=O)CNC(=O)c4ccn(S(C)(=O)=O)c4)n3)c2)ccn1. The number of benzene rings is 1. The molecule has 0 saturated heterocycles. The van der Waals surface area contributed by atoms with Crippen LogP contribution in [-0.4, -0.2) is 71.6 Å². The summed E-state index contributed by atoms with van der Waals surface area (Å²) in [6.45, 7) is -0.502. The summed E-state index contributed by atoms with van der Waals surface area (Å²) in [6, 6.07) is 12.6. The maximum atomic E-state index is 12.3. The second-order valence-corrected chi connectivity index (χ2v) is 11.2. The summed E-state index contributed by atoms with van der Waals surface area (Å²) < 4.78 is 24.0. The van der Waals surface area contributed by atoms with Gasteiger partial charge < -0.3 is 20.6 Å². The van der Waals surface area contributed by atoms with Crippen molar-refractivity contribution in [2.45, 2.75) is 0 Å². The number of nitrogens with zero attached hydrogens (tertiary/aromatic N) is 4. The van der Waals surface area contributed by atoms with Gasteiger partial charge in [-0.1, -0.05) is 18.2 Å². The molecule has 12 nitrogen and oxygen atoms in total. The number of nitrogens with one attached hydrogen (secondary N) is 2. The highest BCUT2D eigenvalue weighted by Crippen LogP contribution is 2.29. The molecule has 0 spiro atoms. The molecule has 4 aromatic rings. The van der Waals surface area contributed by atoms with E-state index in [-0.39, 0.29) is 18.7 Å². The first-order chi connectivity index (χ1) is 18.5. The predicted molar refractivity (Wildman–Crippen MR) is 147 cm³/mol. The van der Waals surface area contributed by atoms with Crippen molar-refractivity contribution in [3.05, 3.63) is 72.0 Å². The van der Waals surface area contributed by atoms with E-state index in [1.54, 1.807) is 29.6 Å². The number of carbonyl (C=O) groups is 3. The largest absolute Gasteiger partial charge is 0.480 e. The van der Waals surface area contributed by atoms with E-state index < -0.39 is 27.8 Å². The molecule has 0 aliphatic heterocycles. The van der Waals surface area contributed by atoms with Crippen LogP contribution in [0, 0.1) is 0 Å². The van der Waals surface area contributed by atoms with Crippen molar-refractivity contribution in [2.24, 2.45) is 0 Å². The van der Waals surface area contributed by atoms with Gasteiger partial charge in [0.05, 0.1) is 24.1 Å². The van der Waals surface area contributed by atoms with E-state index >= 15 is 0 Å². The summed E-state index contributed by atoms with van der Waals surface area (Å²) in [4.78, 5) is 45.9. The molecule has 39 heavy (non-hydrogen) atoms. The first-order valence-corrected chi connectivity index (χ1v) is 14.1. The maximum Gasteiger partial charge on any atom is 0.323 e. The number of carboxylic acids is 1. The molecule has 0 saturated carbocycles. The van der Waals surface area contributed by atoms with Crippen LogP contribution in [0.1, 0.15) is 10.4 Å². The van der Waals surface area contributed by atoms with Gasteiger partial charge in [0.15, 0.2) is 5.13 Å². The summed E-state index contributed by atoms with van der Waals surface area (Å²) in [5, 5.41) is 16.3. The molecule has 3 N–H and O–H groups in total. The number of anilines is 2. The number of carboxylic acid groups (broad SMARTS) is 1. The van der Waals surface area contributed by atoms with Crippen molar-refractivity contribution in [2.75, 3.05) is 36.6 Å². The normalized spacial score (nSPS) is 11.1. The van der Waals surface area contributed by atoms with E-state index in [1.807, 2.05) is 30.3 Å². The Morgan fingerprint density at radius 2 is 1.85 bits per heavy atom. The molecule has 1 aromatic carbocycles. The molecule has 2 amide bonds. The van der Waals surface area contributed by atoms with Crippen LogP contribution < -0.4 is 15.5 Å². The Morgan fingerprint density at radius 1 is 1.10 bits per heavy atom. The Labute approximate surface area is 228 Å². The minimum Gasteiger partial charge on any atom is -0.480 e. The predicted octanol–water partition coefficient (Wildman–Crippen LogP) is 2.37. The topological polar surface area (TPSA) is 164 Å². The third kappa shape index (κ3) is 7.06. The standard InChI is InChI=1S/C25H24N6O6S2/c1-30(14-23(33)34)21-11-17(6-8-26-21)16-4-3-5-18(10-16)20-15-38-25(28-20)29-22(32)12-27-24(35)19-7-9-31(13-19)39(2,36)37/h3-11,13,15H,12,14H2,1-2H3,(H,27,35)(H,33,34)(H,28,29,32). The van der Waals surface area contributed by atoms with E-state index in [4.69, 9.17) is 5.11 Å². The Morgan fingerprint density at radius 3 is 2.56 bits per heavy atom. The number of amides is 2. The number of rotatable bonds is 10. The highest BCUT2D eigenvalue weighted by Gasteiger charge is 2.14. The number of hydrogen-bond acceptors (Lipinski definition) is 9. The zero-order valence-corrected chi connectivity index (χ0v) is 22.5. The summed E-state index contributed by atoms with van der Waals surface area (Å²) in [5.41, 5.74) is 3.29.